The van der Waals surface area contributed by atoms with E-state index in [-0.39, 0.29) is 0 Å². The van der Waals surface area contributed by atoms with Gasteiger partial charge in [-0.15, -0.1) is 0 Å². The van der Waals surface area contributed by atoms with Gasteiger partial charge in [0.15, 0.2) is 0 Å². The number of piperidine rings is 1. The molecule has 20 heavy (non-hydrogen) atoms. The number of carbonyl (C=O) groups is 1. The Morgan fingerprint density at radius 1 is 1.35 bits per heavy atom. The molecule has 0 bridgehead atoms. The van der Waals surface area contributed by atoms with Gasteiger partial charge in [0.1, 0.15) is 0 Å². The van der Waals surface area contributed by atoms with Crippen LogP contribution in [0.3, 0.4) is 0 Å². The van der Waals surface area contributed by atoms with Crippen LogP contribution in [0.25, 0.3) is 0 Å². The molecule has 0 N–H and O–H groups in total. The van der Waals surface area contributed by atoms with Crippen LogP contribution in [0.1, 0.15) is 46.0 Å². The molecule has 1 aliphatic rings. The van der Waals surface area contributed by atoms with Crippen molar-refractivity contribution in [2.75, 3.05) is 13.1 Å². The van der Waals surface area contributed by atoms with Gasteiger partial charge in [0.05, 0.1) is 0 Å². The molecule has 0 radical (unpaired) electrons. The van der Waals surface area contributed by atoms with Gasteiger partial charge in [0, 0.05) is 38.4 Å². The Morgan fingerprint density at radius 2 is 2.10 bits per heavy atom. The predicted octanol–water partition coefficient (Wildman–Crippen LogP) is 2.95. The topological polar surface area (TPSA) is 38.1 Å². The normalized spacial score (nSPS) is 16.9. The van der Waals surface area contributed by atoms with Crippen molar-refractivity contribution in [1.82, 2.24) is 14.7 Å². The highest BCUT2D eigenvalue weighted by atomic mass is 16.2. The number of aromatic nitrogens is 2. The fraction of sp³-hybridized carbons (Fsp3) is 0.750. The lowest BCUT2D eigenvalue weighted by Gasteiger charge is -2.32. The van der Waals surface area contributed by atoms with Gasteiger partial charge in [-0.3, -0.25) is 9.48 Å². The van der Waals surface area contributed by atoms with Crippen molar-refractivity contribution < 1.29 is 4.79 Å². The van der Waals surface area contributed by atoms with Gasteiger partial charge in [-0.05, 0) is 43.6 Å². The molecule has 4 nitrogen and oxygen atoms in total. The van der Waals surface area contributed by atoms with E-state index in [1.807, 2.05) is 23.1 Å². The second kappa shape index (κ2) is 7.46. The highest BCUT2D eigenvalue weighted by molar-refractivity contribution is 5.76. The summed E-state index contributed by atoms with van der Waals surface area (Å²) in [7, 11) is 0. The van der Waals surface area contributed by atoms with E-state index in [4.69, 9.17) is 0 Å². The fourth-order valence-electron chi connectivity index (χ4n) is 2.79. The second-order valence-electron chi connectivity index (χ2n) is 6.31. The van der Waals surface area contributed by atoms with E-state index in [1.165, 1.54) is 6.42 Å². The lowest BCUT2D eigenvalue weighted by Crippen LogP contribution is -2.38. The van der Waals surface area contributed by atoms with Crippen LogP contribution in [0, 0.1) is 11.8 Å². The van der Waals surface area contributed by atoms with E-state index in [0.29, 0.717) is 11.8 Å². The summed E-state index contributed by atoms with van der Waals surface area (Å²) < 4.78 is 2.00. The van der Waals surface area contributed by atoms with Crippen LogP contribution in [0.5, 0.6) is 0 Å². The minimum Gasteiger partial charge on any atom is -0.343 e. The number of likely N-dealkylation sites (tertiary alicyclic amines) is 1. The van der Waals surface area contributed by atoms with Crippen LogP contribution >= 0.6 is 0 Å². The monoisotopic (exact) mass is 277 g/mol. The van der Waals surface area contributed by atoms with Crippen molar-refractivity contribution in [3.8, 4) is 0 Å². The lowest BCUT2D eigenvalue weighted by molar-refractivity contribution is -0.132. The molecule has 0 atom stereocenters. The number of aryl methyl sites for hydroxylation is 1. The van der Waals surface area contributed by atoms with E-state index in [2.05, 4.69) is 23.8 Å². The first-order valence-corrected chi connectivity index (χ1v) is 7.90. The summed E-state index contributed by atoms with van der Waals surface area (Å²) in [5, 5.41) is 4.24. The number of carbonyl (C=O) groups excluding carboxylic acids is 1. The zero-order valence-electron chi connectivity index (χ0n) is 12.8. The van der Waals surface area contributed by atoms with Crippen molar-refractivity contribution in [2.24, 2.45) is 11.8 Å². The molecule has 0 saturated carbocycles. The summed E-state index contributed by atoms with van der Waals surface area (Å²) in [6.07, 6.45) is 9.05. The number of amides is 1. The minimum absolute atomic E-state index is 0.351. The Hall–Kier alpha value is -1.32. The molecule has 1 saturated heterocycles. The zero-order valence-corrected chi connectivity index (χ0v) is 12.8. The Balaban J connectivity index is 1.65. The molecule has 112 valence electrons. The molecule has 2 heterocycles. The van der Waals surface area contributed by atoms with Crippen LogP contribution in [-0.4, -0.2) is 33.7 Å². The average molecular weight is 277 g/mol. The molecule has 0 aliphatic carbocycles. The van der Waals surface area contributed by atoms with Crippen molar-refractivity contribution >= 4 is 5.91 Å². The maximum absolute atomic E-state index is 12.1. The molecule has 1 aliphatic heterocycles. The highest BCUT2D eigenvalue weighted by Crippen LogP contribution is 2.22. The molecule has 0 spiro atoms. The Morgan fingerprint density at radius 3 is 2.70 bits per heavy atom. The largest absolute Gasteiger partial charge is 0.343 e. The Kier molecular flexibility index (Phi) is 5.62. The number of hydrogen-bond acceptors (Lipinski definition) is 2. The molecule has 1 aromatic rings. The standard InChI is InChI=1S/C16H27N3O/c1-14(2)4-5-16(20)18-11-6-15(7-12-18)8-13-19-10-3-9-17-19/h3,9-10,14-15H,4-8,11-13H2,1-2H3. The first-order chi connectivity index (χ1) is 9.65. The molecule has 2 rings (SSSR count). The van der Waals surface area contributed by atoms with Crippen molar-refractivity contribution in [2.45, 2.75) is 52.5 Å². The van der Waals surface area contributed by atoms with Gasteiger partial charge >= 0.3 is 0 Å². The minimum atomic E-state index is 0.351. The zero-order chi connectivity index (χ0) is 14.4. The van der Waals surface area contributed by atoms with Crippen molar-refractivity contribution in [1.29, 1.82) is 0 Å². The molecule has 0 aromatic carbocycles. The van der Waals surface area contributed by atoms with Crippen LogP contribution in [-0.2, 0) is 11.3 Å². The molecule has 0 unspecified atom stereocenters. The van der Waals surface area contributed by atoms with Crippen LogP contribution in [0.4, 0.5) is 0 Å². The third-order valence-corrected chi connectivity index (χ3v) is 4.23. The number of nitrogens with zero attached hydrogens (tertiary/aromatic N) is 3. The van der Waals surface area contributed by atoms with Crippen molar-refractivity contribution in [3.63, 3.8) is 0 Å². The van der Waals surface area contributed by atoms with E-state index in [1.54, 1.807) is 0 Å². The van der Waals surface area contributed by atoms with Crippen molar-refractivity contribution in [3.05, 3.63) is 18.5 Å². The highest BCUT2D eigenvalue weighted by Gasteiger charge is 2.22. The molecule has 4 heteroatoms. The summed E-state index contributed by atoms with van der Waals surface area (Å²) in [4.78, 5) is 14.1. The molecule has 1 aromatic heterocycles. The third-order valence-electron chi connectivity index (χ3n) is 4.23. The van der Waals surface area contributed by atoms with E-state index in [0.717, 1.165) is 51.2 Å². The van der Waals surface area contributed by atoms with Gasteiger partial charge in [-0.1, -0.05) is 13.8 Å². The summed E-state index contributed by atoms with van der Waals surface area (Å²) in [5.74, 6) is 1.71. The van der Waals surface area contributed by atoms with Crippen LogP contribution in [0.15, 0.2) is 18.5 Å². The van der Waals surface area contributed by atoms with Crippen LogP contribution in [0.2, 0.25) is 0 Å². The molecular weight excluding hydrogens is 250 g/mol. The van der Waals surface area contributed by atoms with Crippen LogP contribution < -0.4 is 0 Å². The summed E-state index contributed by atoms with van der Waals surface area (Å²) in [5.41, 5.74) is 0. The van der Waals surface area contributed by atoms with E-state index in [9.17, 15) is 4.79 Å². The van der Waals surface area contributed by atoms with Gasteiger partial charge in [0.25, 0.3) is 0 Å². The first kappa shape index (κ1) is 15.1. The second-order valence-corrected chi connectivity index (χ2v) is 6.31. The molecule has 1 fully saturated rings. The SMILES string of the molecule is CC(C)CCC(=O)N1CCC(CCn2cccn2)CC1. The lowest BCUT2D eigenvalue weighted by atomic mass is 9.93. The van der Waals surface area contributed by atoms with Gasteiger partial charge in [-0.25, -0.2) is 0 Å². The first-order valence-electron chi connectivity index (χ1n) is 7.90. The van der Waals surface area contributed by atoms with E-state index >= 15 is 0 Å². The van der Waals surface area contributed by atoms with E-state index < -0.39 is 0 Å². The quantitative estimate of drug-likeness (QED) is 0.802. The maximum atomic E-state index is 12.1. The molecule has 1 amide bonds. The van der Waals surface area contributed by atoms with Gasteiger partial charge in [0.2, 0.25) is 5.91 Å². The predicted molar refractivity (Wildman–Crippen MR) is 80.2 cm³/mol. The average Bonchev–Trinajstić information content (AvgIpc) is 2.96. The van der Waals surface area contributed by atoms with Gasteiger partial charge < -0.3 is 4.90 Å². The third kappa shape index (κ3) is 4.66. The molecular formula is C16H27N3O. The fourth-order valence-corrected chi connectivity index (χ4v) is 2.79. The number of hydrogen-bond donors (Lipinski definition) is 0. The Labute approximate surface area is 122 Å². The summed E-state index contributed by atoms with van der Waals surface area (Å²) in [6.45, 7) is 7.24. The maximum Gasteiger partial charge on any atom is 0.222 e. The summed E-state index contributed by atoms with van der Waals surface area (Å²) in [6, 6.07) is 1.97. The summed E-state index contributed by atoms with van der Waals surface area (Å²) >= 11 is 0. The Bertz CT molecular complexity index is 392. The number of rotatable bonds is 6. The smallest absolute Gasteiger partial charge is 0.222 e. The van der Waals surface area contributed by atoms with Gasteiger partial charge in [-0.2, -0.15) is 5.10 Å².